The number of nitrogens with zero attached hydrogens (tertiary/aromatic N) is 1. The van der Waals surface area contributed by atoms with Gasteiger partial charge in [-0.3, -0.25) is 9.52 Å². The highest BCUT2D eigenvalue weighted by Crippen LogP contribution is 2.17. The van der Waals surface area contributed by atoms with Crippen molar-refractivity contribution >= 4 is 27.6 Å². The topological polar surface area (TPSA) is 92.8 Å². The fourth-order valence-electron chi connectivity index (χ4n) is 3.11. The second-order valence-electron chi connectivity index (χ2n) is 6.87. The summed E-state index contributed by atoms with van der Waals surface area (Å²) >= 11 is 0. The molecule has 7 nitrogen and oxygen atoms in total. The molecule has 0 aromatic heterocycles. The maximum Gasteiger partial charge on any atom is 0.338 e. The zero-order chi connectivity index (χ0) is 20.7. The lowest BCUT2D eigenvalue weighted by Crippen LogP contribution is -2.35. The third kappa shape index (κ3) is 5.80. The minimum atomic E-state index is -3.76. The van der Waals surface area contributed by atoms with Crippen LogP contribution in [-0.2, 0) is 19.6 Å². The van der Waals surface area contributed by atoms with E-state index in [-0.39, 0.29) is 23.0 Å². The van der Waals surface area contributed by atoms with E-state index in [2.05, 4.69) is 4.72 Å². The number of carbonyl (C=O) groups is 2. The number of sulfonamides is 1. The Bertz CT molecular complexity index is 935. The van der Waals surface area contributed by atoms with Gasteiger partial charge in [-0.25, -0.2) is 13.2 Å². The van der Waals surface area contributed by atoms with Crippen molar-refractivity contribution in [3.05, 3.63) is 60.2 Å². The number of para-hydroxylation sites is 1. The summed E-state index contributed by atoms with van der Waals surface area (Å²) in [6, 6.07) is 13.9. The van der Waals surface area contributed by atoms with Gasteiger partial charge in [0.1, 0.15) is 0 Å². The molecule has 1 saturated heterocycles. The largest absolute Gasteiger partial charge is 0.452 e. The number of rotatable bonds is 6. The van der Waals surface area contributed by atoms with Crippen molar-refractivity contribution < 1.29 is 22.7 Å². The standard InChI is InChI=1S/C21H24N2O5S/c24-20(23-14-6-1-2-7-15-23)16-28-21(25)17-10-12-19(13-11-17)29(26,27)22-18-8-4-3-5-9-18/h3-5,8-13,22H,1-2,6-7,14-16H2. The van der Waals surface area contributed by atoms with Gasteiger partial charge in [0.25, 0.3) is 15.9 Å². The Kier molecular flexibility index (Phi) is 6.87. The average molecular weight is 416 g/mol. The van der Waals surface area contributed by atoms with Crippen LogP contribution in [0.25, 0.3) is 0 Å². The molecule has 0 radical (unpaired) electrons. The summed E-state index contributed by atoms with van der Waals surface area (Å²) in [7, 11) is -3.76. The molecule has 1 fully saturated rings. The Balaban J connectivity index is 1.57. The third-order valence-electron chi connectivity index (χ3n) is 4.71. The summed E-state index contributed by atoms with van der Waals surface area (Å²) in [5.41, 5.74) is 0.635. The number of benzene rings is 2. The Labute approximate surface area is 170 Å². The molecule has 1 amide bonds. The summed E-state index contributed by atoms with van der Waals surface area (Å²) in [6.07, 6.45) is 4.15. The summed E-state index contributed by atoms with van der Waals surface area (Å²) in [5, 5.41) is 0. The number of amides is 1. The highest BCUT2D eigenvalue weighted by atomic mass is 32.2. The normalized spacial score (nSPS) is 14.7. The third-order valence-corrected chi connectivity index (χ3v) is 6.11. The van der Waals surface area contributed by atoms with Crippen LogP contribution in [0.5, 0.6) is 0 Å². The molecule has 8 heteroatoms. The van der Waals surface area contributed by atoms with Crippen LogP contribution in [0.15, 0.2) is 59.5 Å². The van der Waals surface area contributed by atoms with E-state index in [1.54, 1.807) is 35.2 Å². The molecular formula is C21H24N2O5S. The number of hydrogen-bond donors (Lipinski definition) is 1. The first kappa shape index (κ1) is 20.9. The first-order valence-electron chi connectivity index (χ1n) is 9.58. The fraction of sp³-hybridized carbons (Fsp3) is 0.333. The van der Waals surface area contributed by atoms with Crippen LogP contribution >= 0.6 is 0 Å². The van der Waals surface area contributed by atoms with Gasteiger partial charge in [-0.15, -0.1) is 0 Å². The molecule has 29 heavy (non-hydrogen) atoms. The molecule has 0 spiro atoms. The van der Waals surface area contributed by atoms with E-state index in [1.165, 1.54) is 24.3 Å². The van der Waals surface area contributed by atoms with E-state index < -0.39 is 16.0 Å². The second-order valence-corrected chi connectivity index (χ2v) is 8.55. The molecule has 0 atom stereocenters. The van der Waals surface area contributed by atoms with Crippen molar-refractivity contribution in [2.75, 3.05) is 24.4 Å². The predicted molar refractivity (Wildman–Crippen MR) is 109 cm³/mol. The molecule has 2 aromatic carbocycles. The van der Waals surface area contributed by atoms with Crippen LogP contribution in [0.1, 0.15) is 36.0 Å². The van der Waals surface area contributed by atoms with Crippen molar-refractivity contribution in [3.63, 3.8) is 0 Å². The van der Waals surface area contributed by atoms with E-state index in [0.717, 1.165) is 25.7 Å². The fourth-order valence-corrected chi connectivity index (χ4v) is 4.17. The van der Waals surface area contributed by atoms with Crippen LogP contribution in [0.4, 0.5) is 5.69 Å². The number of likely N-dealkylation sites (tertiary alicyclic amines) is 1. The van der Waals surface area contributed by atoms with Crippen molar-refractivity contribution in [1.82, 2.24) is 4.90 Å². The quantitative estimate of drug-likeness (QED) is 0.731. The van der Waals surface area contributed by atoms with Crippen LogP contribution in [-0.4, -0.2) is 44.9 Å². The van der Waals surface area contributed by atoms with Gasteiger partial charge in [0, 0.05) is 18.8 Å². The van der Waals surface area contributed by atoms with Crippen molar-refractivity contribution in [3.8, 4) is 0 Å². The van der Waals surface area contributed by atoms with Gasteiger partial charge < -0.3 is 9.64 Å². The van der Waals surface area contributed by atoms with E-state index in [9.17, 15) is 18.0 Å². The van der Waals surface area contributed by atoms with Gasteiger partial charge in [0.15, 0.2) is 6.61 Å². The minimum Gasteiger partial charge on any atom is -0.452 e. The monoisotopic (exact) mass is 416 g/mol. The molecule has 0 bridgehead atoms. The molecular weight excluding hydrogens is 392 g/mol. The van der Waals surface area contributed by atoms with Crippen molar-refractivity contribution in [2.45, 2.75) is 30.6 Å². The molecule has 1 aliphatic rings. The van der Waals surface area contributed by atoms with Gasteiger partial charge in [-0.2, -0.15) is 0 Å². The SMILES string of the molecule is O=C(OCC(=O)N1CCCCCC1)c1ccc(S(=O)(=O)Nc2ccccc2)cc1. The zero-order valence-electron chi connectivity index (χ0n) is 16.0. The summed E-state index contributed by atoms with van der Waals surface area (Å²) in [4.78, 5) is 26.2. The number of esters is 1. The highest BCUT2D eigenvalue weighted by molar-refractivity contribution is 7.92. The lowest BCUT2D eigenvalue weighted by atomic mass is 10.2. The van der Waals surface area contributed by atoms with Gasteiger partial charge >= 0.3 is 5.97 Å². The van der Waals surface area contributed by atoms with Gasteiger partial charge in [-0.1, -0.05) is 31.0 Å². The Morgan fingerprint density at radius 1 is 0.897 bits per heavy atom. The Hall–Kier alpha value is -2.87. The molecule has 0 aliphatic carbocycles. The summed E-state index contributed by atoms with van der Waals surface area (Å²) < 4.78 is 32.4. The van der Waals surface area contributed by atoms with Gasteiger partial charge in [0.05, 0.1) is 10.5 Å². The molecule has 3 rings (SSSR count). The maximum absolute atomic E-state index is 12.4. The van der Waals surface area contributed by atoms with Crippen molar-refractivity contribution in [1.29, 1.82) is 0 Å². The minimum absolute atomic E-state index is 0.0264. The van der Waals surface area contributed by atoms with E-state index >= 15 is 0 Å². The van der Waals surface area contributed by atoms with Crippen molar-refractivity contribution in [2.24, 2.45) is 0 Å². The number of hydrogen-bond acceptors (Lipinski definition) is 5. The summed E-state index contributed by atoms with van der Waals surface area (Å²) in [5.74, 6) is -0.861. The van der Waals surface area contributed by atoms with Crippen LogP contribution in [0, 0.1) is 0 Å². The smallest absolute Gasteiger partial charge is 0.338 e. The first-order valence-corrected chi connectivity index (χ1v) is 11.1. The number of nitrogens with one attached hydrogen (secondary N) is 1. The Morgan fingerprint density at radius 3 is 2.14 bits per heavy atom. The van der Waals surface area contributed by atoms with Crippen LogP contribution in [0.2, 0.25) is 0 Å². The zero-order valence-corrected chi connectivity index (χ0v) is 16.9. The number of carbonyl (C=O) groups excluding carboxylic acids is 2. The molecule has 2 aromatic rings. The van der Waals surface area contributed by atoms with E-state index in [0.29, 0.717) is 18.8 Å². The van der Waals surface area contributed by atoms with E-state index in [4.69, 9.17) is 4.74 Å². The molecule has 154 valence electrons. The summed E-state index contributed by atoms with van der Waals surface area (Å²) in [6.45, 7) is 1.07. The first-order chi connectivity index (χ1) is 14.0. The number of ether oxygens (including phenoxy) is 1. The number of anilines is 1. The molecule has 0 saturated carbocycles. The van der Waals surface area contributed by atoms with Gasteiger partial charge in [0.2, 0.25) is 0 Å². The molecule has 0 unspecified atom stereocenters. The van der Waals surface area contributed by atoms with Crippen LogP contribution in [0.3, 0.4) is 0 Å². The van der Waals surface area contributed by atoms with Gasteiger partial charge in [-0.05, 0) is 49.2 Å². The average Bonchev–Trinajstić information content (AvgIpc) is 3.02. The Morgan fingerprint density at radius 2 is 1.52 bits per heavy atom. The predicted octanol–water partition coefficient (Wildman–Crippen LogP) is 3.05. The molecule has 1 aliphatic heterocycles. The van der Waals surface area contributed by atoms with Crippen LogP contribution < -0.4 is 4.72 Å². The van der Waals surface area contributed by atoms with E-state index in [1.807, 2.05) is 0 Å². The molecule has 1 heterocycles. The highest BCUT2D eigenvalue weighted by Gasteiger charge is 2.19. The second kappa shape index (κ2) is 9.56. The lowest BCUT2D eigenvalue weighted by molar-refractivity contribution is -0.134. The maximum atomic E-state index is 12.4. The lowest BCUT2D eigenvalue weighted by Gasteiger charge is -2.19. The molecule has 1 N–H and O–H groups in total.